The third-order valence-electron chi connectivity index (χ3n) is 6.84. The van der Waals surface area contributed by atoms with Crippen molar-refractivity contribution >= 4 is 23.6 Å². The highest BCUT2D eigenvalue weighted by Crippen LogP contribution is 2.28. The number of Topliss-reactive ketones (excluding diaryl/α,β-unsaturated/α-hetero) is 1. The third kappa shape index (κ3) is 8.22. The zero-order valence-corrected chi connectivity index (χ0v) is 23.2. The molecule has 214 valence electrons. The van der Waals surface area contributed by atoms with Crippen LogP contribution in [0.2, 0.25) is 0 Å². The highest BCUT2D eigenvalue weighted by Gasteiger charge is 2.32. The topological polar surface area (TPSA) is 180 Å². The predicted molar refractivity (Wildman–Crippen MR) is 144 cm³/mol. The number of hydrogen-bond donors (Lipinski definition) is 4. The molecule has 0 unspecified atom stereocenters. The van der Waals surface area contributed by atoms with Gasteiger partial charge in [-0.3, -0.25) is 14.4 Å². The van der Waals surface area contributed by atoms with Crippen LogP contribution in [0, 0.1) is 11.8 Å². The molecule has 1 aliphatic carbocycles. The molecule has 0 radical (unpaired) electrons. The maximum atomic E-state index is 13.2. The minimum atomic E-state index is -1.00. The second-order valence-electron chi connectivity index (χ2n) is 9.97. The van der Waals surface area contributed by atoms with Gasteiger partial charge in [0.1, 0.15) is 6.10 Å². The molecule has 2 amide bonds. The average Bonchev–Trinajstić information content (AvgIpc) is 2.88. The van der Waals surface area contributed by atoms with Gasteiger partial charge in [0.15, 0.2) is 6.10 Å². The lowest BCUT2D eigenvalue weighted by Gasteiger charge is -2.29. The smallest absolute Gasteiger partial charge is 0.405 e. The number of carbonyl (C=O) groups excluding carboxylic acids is 4. The van der Waals surface area contributed by atoms with Crippen molar-refractivity contribution < 1.29 is 38.5 Å². The molecule has 2 rings (SSSR count). The van der Waals surface area contributed by atoms with Crippen LogP contribution in [0.25, 0.3) is 0 Å². The van der Waals surface area contributed by atoms with E-state index in [0.29, 0.717) is 12.0 Å². The first-order chi connectivity index (χ1) is 18.3. The Morgan fingerprint density at radius 2 is 1.79 bits per heavy atom. The van der Waals surface area contributed by atoms with Crippen LogP contribution in [0.15, 0.2) is 58.5 Å². The predicted octanol–water partition coefficient (Wildman–Crippen LogP) is 1.72. The van der Waals surface area contributed by atoms with Gasteiger partial charge in [-0.15, -0.1) is 0 Å². The number of ketones is 2. The number of nitrogens with one attached hydrogen (secondary N) is 1. The van der Waals surface area contributed by atoms with E-state index in [2.05, 4.69) is 5.32 Å². The van der Waals surface area contributed by atoms with Crippen molar-refractivity contribution in [1.82, 2.24) is 5.32 Å². The Labute approximate surface area is 228 Å². The van der Waals surface area contributed by atoms with Gasteiger partial charge in [-0.1, -0.05) is 38.2 Å². The maximum Gasteiger partial charge on any atom is 0.405 e. The molecule has 11 nitrogen and oxygen atoms in total. The lowest BCUT2D eigenvalue weighted by Crippen LogP contribution is -2.37. The summed E-state index contributed by atoms with van der Waals surface area (Å²) in [6.07, 6.45) is 3.55. The molecule has 6 N–H and O–H groups in total. The fraction of sp³-hybridized carbons (Fsp3) is 0.500. The molecule has 1 aliphatic heterocycles. The molecule has 0 saturated heterocycles. The molecular formula is C28H39N3O8. The Morgan fingerprint density at radius 3 is 2.38 bits per heavy atom. The largest absolute Gasteiger partial charge is 0.439 e. The number of hydrogen-bond acceptors (Lipinski definition) is 9. The van der Waals surface area contributed by atoms with Gasteiger partial charge in [0.25, 0.3) is 5.91 Å². The van der Waals surface area contributed by atoms with Gasteiger partial charge in [-0.2, -0.15) is 0 Å². The van der Waals surface area contributed by atoms with Gasteiger partial charge in [-0.25, -0.2) is 4.79 Å². The molecule has 0 saturated carbocycles. The van der Waals surface area contributed by atoms with E-state index in [9.17, 15) is 24.3 Å². The van der Waals surface area contributed by atoms with Crippen molar-refractivity contribution in [3.05, 3.63) is 58.5 Å². The van der Waals surface area contributed by atoms with Crippen molar-refractivity contribution in [1.29, 1.82) is 0 Å². The first-order valence-corrected chi connectivity index (χ1v) is 12.6. The van der Waals surface area contributed by atoms with Crippen LogP contribution in [0.3, 0.4) is 0 Å². The van der Waals surface area contributed by atoms with Gasteiger partial charge in [0, 0.05) is 37.4 Å². The van der Waals surface area contributed by atoms with Crippen molar-refractivity contribution in [2.45, 2.75) is 65.0 Å². The molecule has 0 spiro atoms. The molecular weight excluding hydrogens is 506 g/mol. The normalized spacial score (nSPS) is 33.3. The van der Waals surface area contributed by atoms with Crippen LogP contribution < -0.4 is 16.8 Å². The maximum absolute atomic E-state index is 13.2. The number of aliphatic hydroxyl groups excluding tert-OH is 1. The molecule has 39 heavy (non-hydrogen) atoms. The summed E-state index contributed by atoms with van der Waals surface area (Å²) in [5, 5.41) is 13.6. The molecule has 1 heterocycles. The average molecular weight is 546 g/mol. The van der Waals surface area contributed by atoms with Gasteiger partial charge in [0.05, 0.1) is 23.6 Å². The lowest BCUT2D eigenvalue weighted by molar-refractivity contribution is -0.120. The minimum absolute atomic E-state index is 0.104. The van der Waals surface area contributed by atoms with Gasteiger partial charge in [-0.05, 0) is 38.2 Å². The number of rotatable bonds is 3. The first-order valence-electron chi connectivity index (χ1n) is 12.6. The van der Waals surface area contributed by atoms with E-state index < -0.39 is 53.9 Å². The third-order valence-corrected chi connectivity index (χ3v) is 6.84. The lowest BCUT2D eigenvalue weighted by atomic mass is 9.85. The number of carbonyl (C=O) groups is 4. The van der Waals surface area contributed by atoms with Crippen molar-refractivity contribution in [3.63, 3.8) is 0 Å². The van der Waals surface area contributed by atoms with Crippen LogP contribution in [-0.2, 0) is 28.6 Å². The Bertz CT molecular complexity index is 1130. The van der Waals surface area contributed by atoms with E-state index in [1.807, 2.05) is 6.92 Å². The van der Waals surface area contributed by atoms with Crippen molar-refractivity contribution in [2.24, 2.45) is 23.3 Å². The van der Waals surface area contributed by atoms with E-state index in [1.165, 1.54) is 33.3 Å². The molecule has 0 aromatic heterocycles. The van der Waals surface area contributed by atoms with Crippen molar-refractivity contribution in [2.75, 3.05) is 14.2 Å². The summed E-state index contributed by atoms with van der Waals surface area (Å²) in [4.78, 5) is 50.1. The summed E-state index contributed by atoms with van der Waals surface area (Å²) in [7, 11) is 2.90. The second-order valence-corrected chi connectivity index (χ2v) is 9.97. The number of fused-ring (bicyclic) bond motifs is 2. The Kier molecular flexibility index (Phi) is 11.4. The van der Waals surface area contributed by atoms with E-state index in [4.69, 9.17) is 25.7 Å². The summed E-state index contributed by atoms with van der Waals surface area (Å²) >= 11 is 0. The molecule has 6 atom stereocenters. The van der Waals surface area contributed by atoms with E-state index >= 15 is 0 Å². The van der Waals surface area contributed by atoms with Crippen LogP contribution in [0.1, 0.15) is 40.5 Å². The van der Waals surface area contributed by atoms with Crippen molar-refractivity contribution in [3.8, 4) is 0 Å². The van der Waals surface area contributed by atoms with E-state index in [0.717, 1.165) is 6.08 Å². The number of methoxy groups -OCH3 is 2. The molecule has 2 bridgehead atoms. The molecule has 11 heteroatoms. The Balaban J connectivity index is 2.58. The first kappa shape index (κ1) is 31.7. The summed E-state index contributed by atoms with van der Waals surface area (Å²) in [5.41, 5.74) is 11.9. The standard InChI is InChI=1S/C28H39N3O8/c1-14-10-18-23(29)20(32)13-19(25(18)34)31-27(35)15(2)8-7-9-21(37-5)26(39-28(30)36)17(4)12-16(3)24(33)22(11-14)38-6/h7-9,12-14,16,21-22,24,26,33H,10-11,29H2,1-6H3,(H2,30,36)(H,31,35)/b9-7-,15-8-,17-12-/t14-,16+,21+,22-,24+,26-/m0/s1. The summed E-state index contributed by atoms with van der Waals surface area (Å²) in [5.74, 6) is -2.37. The fourth-order valence-corrected chi connectivity index (χ4v) is 4.61. The Hall–Kier alpha value is -3.54. The minimum Gasteiger partial charge on any atom is -0.439 e. The summed E-state index contributed by atoms with van der Waals surface area (Å²) in [6.45, 7) is 6.89. The zero-order chi connectivity index (χ0) is 29.4. The molecule has 0 fully saturated rings. The SMILES string of the molecule is CO[C@H]1C[C@@H](C)CC2=C(N)C(=O)C=C(NC(=O)/C(C)=C\C=C/[C@@H](OC)[C@@H](OC(N)=O)/C(C)=C\[C@@H](C)[C@H]1O)C2=O. The van der Waals surface area contributed by atoms with Gasteiger partial charge in [0.2, 0.25) is 11.6 Å². The quantitative estimate of drug-likeness (QED) is 0.303. The van der Waals surface area contributed by atoms with E-state index in [-0.39, 0.29) is 34.9 Å². The zero-order valence-electron chi connectivity index (χ0n) is 23.2. The number of nitrogens with two attached hydrogens (primary N) is 2. The highest BCUT2D eigenvalue weighted by molar-refractivity contribution is 6.23. The van der Waals surface area contributed by atoms with Gasteiger partial charge >= 0.3 is 6.09 Å². The summed E-state index contributed by atoms with van der Waals surface area (Å²) in [6, 6.07) is 0. The van der Waals surface area contributed by atoms with Gasteiger partial charge < -0.3 is 36.1 Å². The number of aliphatic hydroxyl groups is 1. The fourth-order valence-electron chi connectivity index (χ4n) is 4.61. The number of primary amides is 1. The molecule has 2 aliphatic rings. The number of ether oxygens (including phenoxy) is 3. The van der Waals surface area contributed by atoms with Crippen LogP contribution in [0.5, 0.6) is 0 Å². The monoisotopic (exact) mass is 545 g/mol. The van der Waals surface area contributed by atoms with Crippen LogP contribution >= 0.6 is 0 Å². The summed E-state index contributed by atoms with van der Waals surface area (Å²) < 4.78 is 16.4. The second kappa shape index (κ2) is 14.0. The highest BCUT2D eigenvalue weighted by atomic mass is 16.6. The van der Waals surface area contributed by atoms with Crippen LogP contribution in [0.4, 0.5) is 4.79 Å². The van der Waals surface area contributed by atoms with Crippen LogP contribution in [-0.4, -0.2) is 67.3 Å². The number of allylic oxidation sites excluding steroid dienone is 4. The molecule has 0 aromatic carbocycles. The number of amides is 2. The molecule has 0 aromatic rings. The Morgan fingerprint density at radius 1 is 1.13 bits per heavy atom. The van der Waals surface area contributed by atoms with E-state index in [1.54, 1.807) is 26.0 Å².